The van der Waals surface area contributed by atoms with Gasteiger partial charge in [0.2, 0.25) is 5.91 Å². The minimum Gasteiger partial charge on any atom is -0.396 e. The molecule has 90 valence electrons. The summed E-state index contributed by atoms with van der Waals surface area (Å²) in [5, 5.41) is 11.6. The van der Waals surface area contributed by atoms with Gasteiger partial charge in [0.25, 0.3) is 0 Å². The van der Waals surface area contributed by atoms with Gasteiger partial charge in [0.15, 0.2) is 0 Å². The number of aliphatic hydroxyl groups is 1. The van der Waals surface area contributed by atoms with Gasteiger partial charge in [-0.1, -0.05) is 20.8 Å². The Morgan fingerprint density at radius 1 is 1.47 bits per heavy atom. The summed E-state index contributed by atoms with van der Waals surface area (Å²) in [6.07, 6.45) is 1.99. The summed E-state index contributed by atoms with van der Waals surface area (Å²) in [5.74, 6) is 0.203. The average Bonchev–Trinajstić information content (AvgIpc) is 2.25. The molecule has 0 aliphatic rings. The maximum atomic E-state index is 11.7. The summed E-state index contributed by atoms with van der Waals surface area (Å²) >= 11 is 0. The lowest BCUT2D eigenvalue weighted by Gasteiger charge is -2.26. The van der Waals surface area contributed by atoms with E-state index in [9.17, 15) is 4.79 Å². The van der Waals surface area contributed by atoms with Crippen molar-refractivity contribution in [2.45, 2.75) is 45.6 Å². The van der Waals surface area contributed by atoms with E-state index in [1.165, 1.54) is 0 Å². The average molecular weight is 216 g/mol. The molecule has 0 fully saturated rings. The molecule has 0 bridgehead atoms. The lowest BCUT2D eigenvalue weighted by Crippen LogP contribution is -2.53. The molecule has 4 heteroatoms. The van der Waals surface area contributed by atoms with Crippen LogP contribution in [0, 0.1) is 5.92 Å². The van der Waals surface area contributed by atoms with E-state index in [2.05, 4.69) is 5.32 Å². The minimum absolute atomic E-state index is 0.0858. The van der Waals surface area contributed by atoms with Crippen LogP contribution in [0.25, 0.3) is 0 Å². The Hall–Kier alpha value is -0.610. The van der Waals surface area contributed by atoms with Crippen LogP contribution in [-0.4, -0.2) is 29.7 Å². The second kappa shape index (κ2) is 6.80. The van der Waals surface area contributed by atoms with Crippen LogP contribution in [-0.2, 0) is 4.79 Å². The zero-order valence-corrected chi connectivity index (χ0v) is 10.0. The van der Waals surface area contributed by atoms with Crippen molar-refractivity contribution in [3.05, 3.63) is 0 Å². The SMILES string of the molecule is CCC(N)(CC)C(=O)NCC(C)CCO. The molecule has 1 unspecified atom stereocenters. The molecule has 0 aliphatic heterocycles. The van der Waals surface area contributed by atoms with Gasteiger partial charge in [-0.25, -0.2) is 0 Å². The molecule has 0 saturated carbocycles. The number of amides is 1. The van der Waals surface area contributed by atoms with E-state index in [-0.39, 0.29) is 18.4 Å². The lowest BCUT2D eigenvalue weighted by atomic mass is 9.93. The third-order valence-electron chi connectivity index (χ3n) is 2.95. The lowest BCUT2D eigenvalue weighted by molar-refractivity contribution is -0.126. The molecule has 4 nitrogen and oxygen atoms in total. The van der Waals surface area contributed by atoms with Crippen molar-refractivity contribution in [1.29, 1.82) is 0 Å². The maximum absolute atomic E-state index is 11.7. The summed E-state index contributed by atoms with van der Waals surface area (Å²) in [4.78, 5) is 11.7. The highest BCUT2D eigenvalue weighted by Gasteiger charge is 2.29. The van der Waals surface area contributed by atoms with Crippen molar-refractivity contribution < 1.29 is 9.90 Å². The molecule has 1 atom stereocenters. The quantitative estimate of drug-likeness (QED) is 0.584. The number of rotatable bonds is 7. The molecule has 1 amide bonds. The van der Waals surface area contributed by atoms with Crippen LogP contribution in [0.2, 0.25) is 0 Å². The second-order valence-electron chi connectivity index (χ2n) is 4.19. The van der Waals surface area contributed by atoms with E-state index in [0.29, 0.717) is 25.8 Å². The number of aliphatic hydroxyl groups excluding tert-OH is 1. The van der Waals surface area contributed by atoms with Crippen molar-refractivity contribution in [2.75, 3.05) is 13.2 Å². The smallest absolute Gasteiger partial charge is 0.240 e. The molecule has 0 aromatic carbocycles. The predicted molar refractivity (Wildman–Crippen MR) is 61.4 cm³/mol. The number of carbonyl (C=O) groups excluding carboxylic acids is 1. The molecule has 0 rings (SSSR count). The summed E-state index contributed by atoms with van der Waals surface area (Å²) < 4.78 is 0. The Morgan fingerprint density at radius 3 is 2.40 bits per heavy atom. The molecular weight excluding hydrogens is 192 g/mol. The molecule has 0 heterocycles. The van der Waals surface area contributed by atoms with Crippen molar-refractivity contribution in [1.82, 2.24) is 5.32 Å². The van der Waals surface area contributed by atoms with Crippen molar-refractivity contribution in [3.8, 4) is 0 Å². The molecule has 0 spiro atoms. The van der Waals surface area contributed by atoms with Gasteiger partial charge in [-0.05, 0) is 25.2 Å². The van der Waals surface area contributed by atoms with Crippen LogP contribution in [0.4, 0.5) is 0 Å². The molecule has 0 aromatic rings. The Morgan fingerprint density at radius 2 is 2.00 bits per heavy atom. The first kappa shape index (κ1) is 14.4. The van der Waals surface area contributed by atoms with Gasteiger partial charge in [-0.15, -0.1) is 0 Å². The summed E-state index contributed by atoms with van der Waals surface area (Å²) in [5.41, 5.74) is 5.20. The van der Waals surface area contributed by atoms with Gasteiger partial charge in [0.1, 0.15) is 0 Å². The van der Waals surface area contributed by atoms with E-state index < -0.39 is 5.54 Å². The zero-order chi connectivity index (χ0) is 11.9. The summed E-state index contributed by atoms with van der Waals surface area (Å²) in [7, 11) is 0. The summed E-state index contributed by atoms with van der Waals surface area (Å²) in [6.45, 7) is 6.57. The highest BCUT2D eigenvalue weighted by molar-refractivity contribution is 5.85. The van der Waals surface area contributed by atoms with Gasteiger partial charge in [-0.2, -0.15) is 0 Å². The monoisotopic (exact) mass is 216 g/mol. The van der Waals surface area contributed by atoms with Crippen LogP contribution in [0.15, 0.2) is 0 Å². The molecule has 0 aromatic heterocycles. The Kier molecular flexibility index (Phi) is 6.52. The molecule has 0 saturated heterocycles. The number of nitrogens with one attached hydrogen (secondary N) is 1. The van der Waals surface area contributed by atoms with Gasteiger partial charge in [-0.3, -0.25) is 4.79 Å². The van der Waals surface area contributed by atoms with E-state index in [1.807, 2.05) is 20.8 Å². The van der Waals surface area contributed by atoms with E-state index in [1.54, 1.807) is 0 Å². The maximum Gasteiger partial charge on any atom is 0.240 e. The van der Waals surface area contributed by atoms with Gasteiger partial charge in [0.05, 0.1) is 5.54 Å². The largest absolute Gasteiger partial charge is 0.396 e. The fourth-order valence-electron chi connectivity index (χ4n) is 1.34. The fourth-order valence-corrected chi connectivity index (χ4v) is 1.34. The molecule has 0 aliphatic carbocycles. The third kappa shape index (κ3) is 4.62. The first-order valence-corrected chi connectivity index (χ1v) is 5.68. The Balaban J connectivity index is 4.02. The van der Waals surface area contributed by atoms with Crippen LogP contribution in [0.3, 0.4) is 0 Å². The number of hydrogen-bond donors (Lipinski definition) is 3. The van der Waals surface area contributed by atoms with E-state index in [0.717, 1.165) is 0 Å². The highest BCUT2D eigenvalue weighted by atomic mass is 16.3. The summed E-state index contributed by atoms with van der Waals surface area (Å²) in [6, 6.07) is 0. The van der Waals surface area contributed by atoms with Crippen molar-refractivity contribution >= 4 is 5.91 Å². The minimum atomic E-state index is -0.737. The van der Waals surface area contributed by atoms with Crippen LogP contribution >= 0.6 is 0 Å². The second-order valence-corrected chi connectivity index (χ2v) is 4.19. The normalized spacial score (nSPS) is 13.7. The van der Waals surface area contributed by atoms with Crippen molar-refractivity contribution in [2.24, 2.45) is 11.7 Å². The number of nitrogens with two attached hydrogens (primary N) is 1. The number of hydrogen-bond acceptors (Lipinski definition) is 3. The zero-order valence-electron chi connectivity index (χ0n) is 10.0. The highest BCUT2D eigenvalue weighted by Crippen LogP contribution is 2.11. The van der Waals surface area contributed by atoms with Gasteiger partial charge >= 0.3 is 0 Å². The number of carbonyl (C=O) groups is 1. The molecule has 4 N–H and O–H groups in total. The molecule has 0 radical (unpaired) electrons. The molecular formula is C11H24N2O2. The Bertz CT molecular complexity index is 191. The predicted octanol–water partition coefficient (Wildman–Crippen LogP) is 0.639. The van der Waals surface area contributed by atoms with Gasteiger partial charge < -0.3 is 16.2 Å². The van der Waals surface area contributed by atoms with Gasteiger partial charge in [0, 0.05) is 13.2 Å². The van der Waals surface area contributed by atoms with E-state index >= 15 is 0 Å². The van der Waals surface area contributed by atoms with E-state index in [4.69, 9.17) is 10.8 Å². The van der Waals surface area contributed by atoms with Crippen molar-refractivity contribution in [3.63, 3.8) is 0 Å². The molecule has 15 heavy (non-hydrogen) atoms. The first-order chi connectivity index (χ1) is 7.00. The standard InChI is InChI=1S/C11H24N2O2/c1-4-11(12,5-2)10(15)13-8-9(3)6-7-14/h9,14H,4-8,12H2,1-3H3,(H,13,15). The topological polar surface area (TPSA) is 75.4 Å². The Labute approximate surface area is 92.2 Å². The third-order valence-corrected chi connectivity index (χ3v) is 2.95. The van der Waals surface area contributed by atoms with Crippen LogP contribution < -0.4 is 11.1 Å². The van der Waals surface area contributed by atoms with Crippen LogP contribution in [0.5, 0.6) is 0 Å². The first-order valence-electron chi connectivity index (χ1n) is 5.68. The fraction of sp³-hybridized carbons (Fsp3) is 0.909. The van der Waals surface area contributed by atoms with Crippen LogP contribution in [0.1, 0.15) is 40.0 Å².